The number of hydrogen-bond acceptors (Lipinski definition) is 2. The smallest absolute Gasteiger partial charge is 0.0637 e. The van der Waals surface area contributed by atoms with Crippen LogP contribution in [0.3, 0.4) is 0 Å². The zero-order valence-electron chi connectivity index (χ0n) is 8.42. The Morgan fingerprint density at radius 2 is 2.14 bits per heavy atom. The van der Waals surface area contributed by atoms with E-state index in [0.717, 1.165) is 17.3 Å². The minimum absolute atomic E-state index is 0.802. The predicted octanol–water partition coefficient (Wildman–Crippen LogP) is 3.90. The van der Waals surface area contributed by atoms with Crippen LogP contribution in [0.5, 0.6) is 0 Å². The molecule has 0 saturated heterocycles. The Kier molecular flexibility index (Phi) is 5.88. The number of hydrogen-bond donors (Lipinski definition) is 1. The molecular formula is C11H16ClNS. The molecule has 14 heavy (non-hydrogen) atoms. The lowest BCUT2D eigenvalue weighted by molar-refractivity contribution is 0.992. The van der Waals surface area contributed by atoms with Gasteiger partial charge in [-0.3, -0.25) is 0 Å². The van der Waals surface area contributed by atoms with Crippen LogP contribution in [-0.2, 0) is 0 Å². The minimum atomic E-state index is 0.802. The van der Waals surface area contributed by atoms with E-state index >= 15 is 0 Å². The molecule has 0 aliphatic rings. The summed E-state index contributed by atoms with van der Waals surface area (Å²) in [5.74, 6) is 2.42. The van der Waals surface area contributed by atoms with E-state index in [0.29, 0.717) is 0 Å². The van der Waals surface area contributed by atoms with Gasteiger partial charge in [0.25, 0.3) is 0 Å². The maximum atomic E-state index is 6.00. The molecule has 0 fully saturated rings. The molecule has 0 radical (unpaired) electrons. The van der Waals surface area contributed by atoms with Crippen LogP contribution in [0, 0.1) is 0 Å². The molecule has 0 heterocycles. The molecule has 0 aliphatic carbocycles. The number of nitrogens with one attached hydrogen (secondary N) is 1. The molecule has 0 atom stereocenters. The number of anilines is 1. The third-order valence-corrected chi connectivity index (χ3v) is 3.17. The van der Waals surface area contributed by atoms with Gasteiger partial charge in [-0.1, -0.05) is 30.7 Å². The average Bonchev–Trinajstić information content (AvgIpc) is 2.20. The quantitative estimate of drug-likeness (QED) is 0.743. The van der Waals surface area contributed by atoms with Gasteiger partial charge in [-0.15, -0.1) is 0 Å². The third kappa shape index (κ3) is 4.25. The summed E-state index contributed by atoms with van der Waals surface area (Å²) in [4.78, 5) is 0. The molecule has 0 aromatic heterocycles. The highest BCUT2D eigenvalue weighted by molar-refractivity contribution is 7.99. The normalized spacial score (nSPS) is 10.1. The first-order valence-electron chi connectivity index (χ1n) is 4.90. The van der Waals surface area contributed by atoms with Crippen molar-refractivity contribution in [2.45, 2.75) is 13.3 Å². The van der Waals surface area contributed by atoms with E-state index < -0.39 is 0 Å². The Bertz CT molecular complexity index is 265. The molecule has 1 aromatic rings. The zero-order chi connectivity index (χ0) is 10.2. The van der Waals surface area contributed by atoms with E-state index in [9.17, 15) is 0 Å². The van der Waals surface area contributed by atoms with Crippen LogP contribution in [0.25, 0.3) is 0 Å². The van der Waals surface area contributed by atoms with Gasteiger partial charge < -0.3 is 5.32 Å². The van der Waals surface area contributed by atoms with Crippen molar-refractivity contribution in [3.8, 4) is 0 Å². The van der Waals surface area contributed by atoms with Gasteiger partial charge in [-0.25, -0.2) is 0 Å². The highest BCUT2D eigenvalue weighted by atomic mass is 35.5. The molecule has 0 aliphatic heterocycles. The van der Waals surface area contributed by atoms with E-state index in [1.165, 1.54) is 17.9 Å². The first-order chi connectivity index (χ1) is 6.84. The molecule has 0 amide bonds. The Labute approximate surface area is 95.2 Å². The Balaban J connectivity index is 2.21. The largest absolute Gasteiger partial charge is 0.384 e. The van der Waals surface area contributed by atoms with Crippen molar-refractivity contribution < 1.29 is 0 Å². The lowest BCUT2D eigenvalue weighted by Crippen LogP contribution is -2.02. The second-order valence-corrected chi connectivity index (χ2v) is 4.76. The standard InChI is InChI=1S/C11H16ClNS/c1-2-14-9-5-8-13-11-7-4-3-6-10(11)12/h3-4,6-7,13H,2,5,8-9H2,1H3. The molecule has 1 aromatic carbocycles. The maximum Gasteiger partial charge on any atom is 0.0637 e. The predicted molar refractivity (Wildman–Crippen MR) is 67.6 cm³/mol. The van der Waals surface area contributed by atoms with E-state index in [1.807, 2.05) is 36.0 Å². The van der Waals surface area contributed by atoms with E-state index in [4.69, 9.17) is 11.6 Å². The van der Waals surface area contributed by atoms with Crippen molar-refractivity contribution in [3.05, 3.63) is 29.3 Å². The van der Waals surface area contributed by atoms with Crippen LogP contribution in [0.2, 0.25) is 5.02 Å². The van der Waals surface area contributed by atoms with Gasteiger partial charge in [0.05, 0.1) is 10.7 Å². The maximum absolute atomic E-state index is 6.00. The van der Waals surface area contributed by atoms with Gasteiger partial charge in [0.15, 0.2) is 0 Å². The third-order valence-electron chi connectivity index (χ3n) is 1.86. The average molecular weight is 230 g/mol. The lowest BCUT2D eigenvalue weighted by Gasteiger charge is -2.07. The molecule has 1 rings (SSSR count). The summed E-state index contributed by atoms with van der Waals surface area (Å²) >= 11 is 7.97. The number of para-hydroxylation sites is 1. The van der Waals surface area contributed by atoms with Crippen molar-refractivity contribution in [2.24, 2.45) is 0 Å². The number of thioether (sulfide) groups is 1. The fourth-order valence-electron chi connectivity index (χ4n) is 1.15. The summed E-state index contributed by atoms with van der Waals surface area (Å²) < 4.78 is 0. The summed E-state index contributed by atoms with van der Waals surface area (Å²) in [7, 11) is 0. The number of rotatable bonds is 6. The summed E-state index contributed by atoms with van der Waals surface area (Å²) in [6.07, 6.45) is 1.18. The fraction of sp³-hybridized carbons (Fsp3) is 0.455. The van der Waals surface area contributed by atoms with Crippen molar-refractivity contribution in [3.63, 3.8) is 0 Å². The van der Waals surface area contributed by atoms with E-state index in [-0.39, 0.29) is 0 Å². The van der Waals surface area contributed by atoms with Gasteiger partial charge >= 0.3 is 0 Å². The highest BCUT2D eigenvalue weighted by Crippen LogP contribution is 2.20. The fourth-order valence-corrected chi connectivity index (χ4v) is 1.99. The van der Waals surface area contributed by atoms with Crippen molar-refractivity contribution in [1.82, 2.24) is 0 Å². The van der Waals surface area contributed by atoms with Crippen molar-refractivity contribution in [2.75, 3.05) is 23.4 Å². The molecule has 0 saturated carbocycles. The van der Waals surface area contributed by atoms with Gasteiger partial charge in [-0.2, -0.15) is 11.8 Å². The van der Waals surface area contributed by atoms with Crippen LogP contribution in [0.4, 0.5) is 5.69 Å². The van der Waals surface area contributed by atoms with Crippen LogP contribution in [0.1, 0.15) is 13.3 Å². The number of benzene rings is 1. The summed E-state index contributed by atoms with van der Waals surface area (Å²) in [5, 5.41) is 4.13. The van der Waals surface area contributed by atoms with Gasteiger partial charge in [0, 0.05) is 6.54 Å². The zero-order valence-corrected chi connectivity index (χ0v) is 10.00. The Morgan fingerprint density at radius 1 is 1.36 bits per heavy atom. The molecule has 0 spiro atoms. The first kappa shape index (κ1) is 11.7. The second kappa shape index (κ2) is 7.02. The van der Waals surface area contributed by atoms with Gasteiger partial charge in [-0.05, 0) is 30.1 Å². The summed E-state index contributed by atoms with van der Waals surface area (Å²) in [5.41, 5.74) is 1.04. The molecule has 0 unspecified atom stereocenters. The first-order valence-corrected chi connectivity index (χ1v) is 6.44. The topological polar surface area (TPSA) is 12.0 Å². The Morgan fingerprint density at radius 3 is 2.86 bits per heavy atom. The second-order valence-electron chi connectivity index (χ2n) is 2.96. The van der Waals surface area contributed by atoms with Crippen molar-refractivity contribution in [1.29, 1.82) is 0 Å². The van der Waals surface area contributed by atoms with Crippen LogP contribution < -0.4 is 5.32 Å². The molecule has 3 heteroatoms. The molecule has 78 valence electrons. The molecular weight excluding hydrogens is 214 g/mol. The van der Waals surface area contributed by atoms with Gasteiger partial charge in [0.2, 0.25) is 0 Å². The van der Waals surface area contributed by atoms with Crippen LogP contribution in [0.15, 0.2) is 24.3 Å². The minimum Gasteiger partial charge on any atom is -0.384 e. The SMILES string of the molecule is CCSCCCNc1ccccc1Cl. The lowest BCUT2D eigenvalue weighted by atomic mass is 10.3. The summed E-state index contributed by atoms with van der Waals surface area (Å²) in [6, 6.07) is 7.86. The van der Waals surface area contributed by atoms with Crippen LogP contribution in [-0.4, -0.2) is 18.1 Å². The Hall–Kier alpha value is -0.340. The molecule has 1 N–H and O–H groups in total. The monoisotopic (exact) mass is 229 g/mol. The van der Waals surface area contributed by atoms with Crippen LogP contribution >= 0.6 is 23.4 Å². The summed E-state index contributed by atoms with van der Waals surface area (Å²) in [6.45, 7) is 3.18. The molecule has 1 nitrogen and oxygen atoms in total. The van der Waals surface area contributed by atoms with Gasteiger partial charge in [0.1, 0.15) is 0 Å². The van der Waals surface area contributed by atoms with Crippen molar-refractivity contribution >= 4 is 29.1 Å². The van der Waals surface area contributed by atoms with E-state index in [1.54, 1.807) is 0 Å². The highest BCUT2D eigenvalue weighted by Gasteiger charge is 1.96. The molecule has 0 bridgehead atoms. The van der Waals surface area contributed by atoms with E-state index in [2.05, 4.69) is 12.2 Å². The number of halogens is 1.